The fraction of sp³-hybridized carbons (Fsp3) is 0.103. The van der Waals surface area contributed by atoms with E-state index in [9.17, 15) is 9.18 Å². The average Bonchev–Trinajstić information content (AvgIpc) is 3.28. The van der Waals surface area contributed by atoms with Crippen molar-refractivity contribution in [3.8, 4) is 22.5 Å². The van der Waals surface area contributed by atoms with Crippen LogP contribution in [0.25, 0.3) is 33.6 Å². The molecule has 4 nitrogen and oxygen atoms in total. The quantitative estimate of drug-likeness (QED) is 0.315. The number of benzene rings is 3. The van der Waals surface area contributed by atoms with Crippen molar-refractivity contribution in [1.82, 2.24) is 10.3 Å². The highest BCUT2D eigenvalue weighted by atomic mass is 19.1. The van der Waals surface area contributed by atoms with Gasteiger partial charge in [0.25, 0.3) is 5.91 Å². The van der Waals surface area contributed by atoms with Gasteiger partial charge in [-0.1, -0.05) is 42.5 Å². The van der Waals surface area contributed by atoms with E-state index in [-0.39, 0.29) is 11.7 Å². The molecule has 0 aliphatic rings. The molecule has 168 valence electrons. The minimum Gasteiger partial charge on any atom is -0.438 e. The lowest BCUT2D eigenvalue weighted by Gasteiger charge is -2.27. The van der Waals surface area contributed by atoms with Crippen LogP contribution < -0.4 is 5.32 Å². The van der Waals surface area contributed by atoms with E-state index in [1.807, 2.05) is 74.5 Å². The van der Waals surface area contributed by atoms with Crippen LogP contribution in [0.5, 0.6) is 0 Å². The molecule has 5 aromatic rings. The van der Waals surface area contributed by atoms with E-state index in [2.05, 4.69) is 10.3 Å². The summed E-state index contributed by atoms with van der Waals surface area (Å²) in [6.07, 6.45) is 1.73. The Hall–Kier alpha value is -4.25. The summed E-state index contributed by atoms with van der Waals surface area (Å²) in [6.45, 7) is 3.97. The highest BCUT2D eigenvalue weighted by Crippen LogP contribution is 2.30. The van der Waals surface area contributed by atoms with Crippen LogP contribution in [-0.2, 0) is 5.54 Å². The van der Waals surface area contributed by atoms with E-state index in [0.29, 0.717) is 17.0 Å². The maximum atomic E-state index is 13.2. The van der Waals surface area contributed by atoms with Gasteiger partial charge < -0.3 is 9.73 Å². The first-order chi connectivity index (χ1) is 16.4. The first-order valence-electron chi connectivity index (χ1n) is 11.0. The van der Waals surface area contributed by atoms with Gasteiger partial charge in [0.1, 0.15) is 11.6 Å². The summed E-state index contributed by atoms with van der Waals surface area (Å²) in [5.41, 5.74) is 4.12. The number of furan rings is 1. The number of pyridine rings is 1. The highest BCUT2D eigenvalue weighted by molar-refractivity contribution is 5.96. The van der Waals surface area contributed by atoms with Gasteiger partial charge >= 0.3 is 0 Å². The molecule has 5 heteroatoms. The number of aromatic nitrogens is 1. The highest BCUT2D eigenvalue weighted by Gasteiger charge is 2.23. The van der Waals surface area contributed by atoms with Gasteiger partial charge in [-0.25, -0.2) is 9.37 Å². The Labute approximate surface area is 197 Å². The third-order valence-corrected chi connectivity index (χ3v) is 5.88. The zero-order chi connectivity index (χ0) is 23.7. The van der Waals surface area contributed by atoms with E-state index in [1.54, 1.807) is 24.4 Å². The molecule has 0 saturated heterocycles. The molecule has 0 unspecified atom stereocenters. The van der Waals surface area contributed by atoms with Crippen LogP contribution in [0.1, 0.15) is 29.8 Å². The molecule has 0 radical (unpaired) electrons. The number of carbonyl (C=O) groups excluding carboxylic acids is 1. The summed E-state index contributed by atoms with van der Waals surface area (Å²) >= 11 is 0. The number of fused-ring (bicyclic) bond motifs is 1. The lowest BCUT2D eigenvalue weighted by Crippen LogP contribution is -2.40. The topological polar surface area (TPSA) is 55.1 Å². The van der Waals surface area contributed by atoms with Crippen molar-refractivity contribution in [2.75, 3.05) is 0 Å². The molecule has 0 aliphatic carbocycles. The van der Waals surface area contributed by atoms with E-state index in [4.69, 9.17) is 4.42 Å². The van der Waals surface area contributed by atoms with Gasteiger partial charge in [-0.05, 0) is 73.5 Å². The van der Waals surface area contributed by atoms with Gasteiger partial charge in [-0.3, -0.25) is 4.79 Å². The first-order valence-corrected chi connectivity index (χ1v) is 11.0. The van der Waals surface area contributed by atoms with Crippen molar-refractivity contribution >= 4 is 17.0 Å². The number of nitrogens with one attached hydrogen (secondary N) is 1. The van der Waals surface area contributed by atoms with E-state index >= 15 is 0 Å². The Morgan fingerprint density at radius 1 is 0.853 bits per heavy atom. The SMILES string of the molecule is CC(C)(NC(=O)c1cccc(-c2cnc3oc(-c4ccc(F)cc4)cc3c2)c1)c1ccccc1. The lowest BCUT2D eigenvalue weighted by molar-refractivity contribution is 0.0912. The van der Waals surface area contributed by atoms with Crippen LogP contribution in [0.4, 0.5) is 4.39 Å². The number of amides is 1. The van der Waals surface area contributed by atoms with Crippen LogP contribution in [0, 0.1) is 5.82 Å². The largest absolute Gasteiger partial charge is 0.438 e. The molecule has 1 N–H and O–H groups in total. The molecule has 0 fully saturated rings. The number of rotatable bonds is 5. The molecule has 3 aromatic carbocycles. The summed E-state index contributed by atoms with van der Waals surface area (Å²) in [5.74, 6) is 0.180. The lowest BCUT2D eigenvalue weighted by atomic mass is 9.93. The van der Waals surface area contributed by atoms with E-state index < -0.39 is 5.54 Å². The van der Waals surface area contributed by atoms with Gasteiger partial charge in [-0.2, -0.15) is 0 Å². The summed E-state index contributed by atoms with van der Waals surface area (Å²) in [4.78, 5) is 17.5. The van der Waals surface area contributed by atoms with Crippen molar-refractivity contribution < 1.29 is 13.6 Å². The monoisotopic (exact) mass is 450 g/mol. The second kappa shape index (κ2) is 8.60. The maximum Gasteiger partial charge on any atom is 0.251 e. The number of nitrogens with zero attached hydrogens (tertiary/aromatic N) is 1. The van der Waals surface area contributed by atoms with Crippen molar-refractivity contribution in [3.63, 3.8) is 0 Å². The zero-order valence-electron chi connectivity index (χ0n) is 18.9. The molecule has 1 amide bonds. The molecule has 2 aromatic heterocycles. The molecule has 5 rings (SSSR count). The molecule has 34 heavy (non-hydrogen) atoms. The summed E-state index contributed by atoms with van der Waals surface area (Å²) in [6, 6.07) is 27.4. The second-order valence-electron chi connectivity index (χ2n) is 8.76. The Kier molecular flexibility index (Phi) is 5.46. The van der Waals surface area contributed by atoms with Gasteiger partial charge in [-0.15, -0.1) is 0 Å². The molecular formula is C29H23FN2O2. The number of hydrogen-bond donors (Lipinski definition) is 1. The van der Waals surface area contributed by atoms with Crippen LogP contribution in [-0.4, -0.2) is 10.9 Å². The average molecular weight is 451 g/mol. The van der Waals surface area contributed by atoms with Crippen LogP contribution in [0.15, 0.2) is 102 Å². The predicted octanol–water partition coefficient (Wildman–Crippen LogP) is 6.97. The second-order valence-corrected chi connectivity index (χ2v) is 8.76. The standard InChI is InChI=1S/C29H23FN2O2/c1-29(2,24-9-4-3-5-10-24)32-27(33)21-8-6-7-20(15-21)23-16-22-17-26(34-28(22)31-18-23)19-11-13-25(30)14-12-19/h3-18H,1-2H3,(H,32,33). The predicted molar refractivity (Wildman–Crippen MR) is 132 cm³/mol. The summed E-state index contributed by atoms with van der Waals surface area (Å²) < 4.78 is 19.1. The molecule has 0 aliphatic heterocycles. The van der Waals surface area contributed by atoms with Crippen molar-refractivity contribution in [1.29, 1.82) is 0 Å². The minimum absolute atomic E-state index is 0.147. The summed E-state index contributed by atoms with van der Waals surface area (Å²) in [7, 11) is 0. The van der Waals surface area contributed by atoms with Crippen LogP contribution >= 0.6 is 0 Å². The smallest absolute Gasteiger partial charge is 0.251 e. The molecular weight excluding hydrogens is 427 g/mol. The fourth-order valence-electron chi connectivity index (χ4n) is 3.97. The van der Waals surface area contributed by atoms with Crippen molar-refractivity contribution in [2.45, 2.75) is 19.4 Å². The Morgan fingerprint density at radius 2 is 1.62 bits per heavy atom. The van der Waals surface area contributed by atoms with Crippen molar-refractivity contribution in [3.05, 3.63) is 114 Å². The number of hydrogen-bond acceptors (Lipinski definition) is 3. The maximum absolute atomic E-state index is 13.2. The number of halogens is 1. The fourth-order valence-corrected chi connectivity index (χ4v) is 3.97. The van der Waals surface area contributed by atoms with Gasteiger partial charge in [0.05, 0.1) is 5.54 Å². The third kappa shape index (κ3) is 4.33. The van der Waals surface area contributed by atoms with Crippen LogP contribution in [0.3, 0.4) is 0 Å². The van der Waals surface area contributed by atoms with Gasteiger partial charge in [0.15, 0.2) is 0 Å². The summed E-state index contributed by atoms with van der Waals surface area (Å²) in [5, 5.41) is 3.96. The van der Waals surface area contributed by atoms with E-state index in [0.717, 1.165) is 27.6 Å². The first kappa shape index (κ1) is 21.6. The molecule has 2 heterocycles. The van der Waals surface area contributed by atoms with Gasteiger partial charge in [0, 0.05) is 28.3 Å². The minimum atomic E-state index is -0.512. The Morgan fingerprint density at radius 3 is 2.38 bits per heavy atom. The van der Waals surface area contributed by atoms with Gasteiger partial charge in [0.2, 0.25) is 5.71 Å². The molecule has 0 spiro atoms. The third-order valence-electron chi connectivity index (χ3n) is 5.88. The van der Waals surface area contributed by atoms with E-state index in [1.165, 1.54) is 12.1 Å². The Bertz CT molecular complexity index is 1470. The van der Waals surface area contributed by atoms with Crippen molar-refractivity contribution in [2.24, 2.45) is 0 Å². The Balaban J connectivity index is 1.41. The van der Waals surface area contributed by atoms with Crippen LogP contribution in [0.2, 0.25) is 0 Å². The zero-order valence-corrected chi connectivity index (χ0v) is 18.9. The normalized spacial score (nSPS) is 11.5. The number of carbonyl (C=O) groups is 1. The molecule has 0 atom stereocenters. The molecule has 0 saturated carbocycles. The molecule has 0 bridgehead atoms.